The van der Waals surface area contributed by atoms with Crippen LogP contribution in [0, 0.1) is 5.92 Å². The Labute approximate surface area is 190 Å². The van der Waals surface area contributed by atoms with Crippen LogP contribution in [0.15, 0.2) is 52.3 Å². The largest absolute Gasteiger partial charge is 0.341 e. The van der Waals surface area contributed by atoms with Crippen molar-refractivity contribution in [2.24, 2.45) is 5.92 Å². The number of nitrogens with zero attached hydrogens (tertiary/aromatic N) is 1. The first-order valence-electron chi connectivity index (χ1n) is 9.92. The number of carbonyl (C=O) groups excluding carboxylic acids is 2. The minimum Gasteiger partial charge on any atom is -0.341 e. The van der Waals surface area contributed by atoms with Crippen molar-refractivity contribution in [3.63, 3.8) is 0 Å². The standard InChI is InChI=1S/C21H22ClN3O4S2/c1-13-7-9-25(10-8-13)21(27)19-20(26)23-17-12-16(5-6-18(17)30-19)31(28,29)24-15-4-2-3-14(22)11-15/h2-6,11-13,19,24H,7-10H2,1H3,(H,23,26)/t19-/m0/s1. The molecule has 2 N–H and O–H groups in total. The first-order chi connectivity index (χ1) is 14.7. The number of rotatable bonds is 4. The van der Waals surface area contributed by atoms with Gasteiger partial charge in [0.2, 0.25) is 11.8 Å². The van der Waals surface area contributed by atoms with Crippen molar-refractivity contribution in [1.29, 1.82) is 0 Å². The summed E-state index contributed by atoms with van der Waals surface area (Å²) in [6, 6.07) is 10.9. The molecule has 2 aromatic carbocycles. The van der Waals surface area contributed by atoms with Crippen molar-refractivity contribution in [3.05, 3.63) is 47.5 Å². The van der Waals surface area contributed by atoms with Crippen LogP contribution in [0.25, 0.3) is 0 Å². The molecule has 0 bridgehead atoms. The molecule has 0 aromatic heterocycles. The van der Waals surface area contributed by atoms with Crippen LogP contribution in [0.4, 0.5) is 11.4 Å². The minimum absolute atomic E-state index is 0.00178. The Balaban J connectivity index is 1.52. The van der Waals surface area contributed by atoms with Crippen molar-refractivity contribution in [2.75, 3.05) is 23.1 Å². The average Bonchev–Trinajstić information content (AvgIpc) is 2.72. The lowest BCUT2D eigenvalue weighted by atomic mass is 9.99. The van der Waals surface area contributed by atoms with Crippen LogP contribution >= 0.6 is 23.4 Å². The number of anilines is 2. The molecular weight excluding hydrogens is 458 g/mol. The molecule has 7 nitrogen and oxygen atoms in total. The molecule has 10 heteroatoms. The Hall–Kier alpha value is -2.23. The molecule has 4 rings (SSSR count). The predicted octanol–water partition coefficient (Wildman–Crippen LogP) is 3.81. The van der Waals surface area contributed by atoms with Gasteiger partial charge < -0.3 is 10.2 Å². The van der Waals surface area contributed by atoms with Gasteiger partial charge >= 0.3 is 0 Å². The van der Waals surface area contributed by atoms with E-state index in [4.69, 9.17) is 11.6 Å². The number of carbonyl (C=O) groups is 2. The molecule has 164 valence electrons. The first kappa shape index (κ1) is 22.0. The van der Waals surface area contributed by atoms with E-state index in [0.29, 0.717) is 40.3 Å². The third kappa shape index (κ3) is 4.83. The van der Waals surface area contributed by atoms with Crippen LogP contribution in [0.2, 0.25) is 5.02 Å². The van der Waals surface area contributed by atoms with Gasteiger partial charge in [0.25, 0.3) is 10.0 Å². The molecule has 0 saturated carbocycles. The van der Waals surface area contributed by atoms with Crippen LogP contribution in [0.3, 0.4) is 0 Å². The van der Waals surface area contributed by atoms with Crippen molar-refractivity contribution >= 4 is 56.6 Å². The summed E-state index contributed by atoms with van der Waals surface area (Å²) in [7, 11) is -3.88. The maximum atomic E-state index is 12.9. The highest BCUT2D eigenvalue weighted by Crippen LogP contribution is 2.38. The van der Waals surface area contributed by atoms with Gasteiger partial charge in [-0.15, -0.1) is 11.8 Å². The summed E-state index contributed by atoms with van der Waals surface area (Å²) >= 11 is 7.07. The zero-order valence-electron chi connectivity index (χ0n) is 16.8. The Bertz CT molecular complexity index is 1130. The first-order valence-corrected chi connectivity index (χ1v) is 12.7. The molecule has 2 aliphatic heterocycles. The van der Waals surface area contributed by atoms with E-state index in [0.717, 1.165) is 24.6 Å². The quantitative estimate of drug-likeness (QED) is 0.650. The monoisotopic (exact) mass is 479 g/mol. The third-order valence-corrected chi connectivity index (χ3v) is 8.27. The highest BCUT2D eigenvalue weighted by Gasteiger charge is 2.37. The SMILES string of the molecule is CC1CCN(C(=O)[C@H]2Sc3ccc(S(=O)(=O)Nc4cccc(Cl)c4)cc3NC2=O)CC1. The van der Waals surface area contributed by atoms with Crippen molar-refractivity contribution < 1.29 is 18.0 Å². The van der Waals surface area contributed by atoms with Gasteiger partial charge in [-0.1, -0.05) is 24.6 Å². The fourth-order valence-corrected chi connectivity index (χ4v) is 5.90. The number of halogens is 1. The topological polar surface area (TPSA) is 95.6 Å². The highest BCUT2D eigenvalue weighted by atomic mass is 35.5. The number of likely N-dealkylation sites (tertiary alicyclic amines) is 1. The van der Waals surface area contributed by atoms with Gasteiger partial charge in [0.05, 0.1) is 16.3 Å². The van der Waals surface area contributed by atoms with E-state index in [1.807, 2.05) is 0 Å². The molecule has 0 unspecified atom stereocenters. The maximum Gasteiger partial charge on any atom is 0.261 e. The summed E-state index contributed by atoms with van der Waals surface area (Å²) in [5.41, 5.74) is 0.713. The van der Waals surface area contributed by atoms with E-state index >= 15 is 0 Å². The van der Waals surface area contributed by atoms with Crippen molar-refractivity contribution in [2.45, 2.75) is 34.8 Å². The summed E-state index contributed by atoms with van der Waals surface area (Å²) in [5, 5.41) is 2.25. The van der Waals surface area contributed by atoms with E-state index in [-0.39, 0.29) is 10.8 Å². The van der Waals surface area contributed by atoms with Crippen LogP contribution in [-0.2, 0) is 19.6 Å². The Kier molecular flexibility index (Phi) is 6.18. The number of hydrogen-bond donors (Lipinski definition) is 2. The molecule has 2 heterocycles. The number of benzene rings is 2. The Morgan fingerprint density at radius 3 is 2.65 bits per heavy atom. The highest BCUT2D eigenvalue weighted by molar-refractivity contribution is 8.01. The smallest absolute Gasteiger partial charge is 0.261 e. The number of nitrogens with one attached hydrogen (secondary N) is 2. The van der Waals surface area contributed by atoms with Gasteiger partial charge in [-0.3, -0.25) is 14.3 Å². The van der Waals surface area contributed by atoms with Crippen molar-refractivity contribution in [3.8, 4) is 0 Å². The van der Waals surface area contributed by atoms with Crippen LogP contribution in [0.1, 0.15) is 19.8 Å². The molecule has 0 radical (unpaired) electrons. The Morgan fingerprint density at radius 1 is 1.19 bits per heavy atom. The van der Waals surface area contributed by atoms with E-state index in [1.54, 1.807) is 29.2 Å². The van der Waals surface area contributed by atoms with Crippen molar-refractivity contribution in [1.82, 2.24) is 4.90 Å². The maximum absolute atomic E-state index is 12.9. The van der Waals surface area contributed by atoms with Gasteiger partial charge in [0.1, 0.15) is 0 Å². The predicted molar refractivity (Wildman–Crippen MR) is 122 cm³/mol. The molecule has 31 heavy (non-hydrogen) atoms. The number of amides is 2. The lowest BCUT2D eigenvalue weighted by molar-refractivity contribution is -0.135. The van der Waals surface area contributed by atoms with E-state index < -0.39 is 21.2 Å². The summed E-state index contributed by atoms with van der Waals surface area (Å²) in [5.74, 6) is -0.0451. The molecule has 0 aliphatic carbocycles. The van der Waals surface area contributed by atoms with E-state index in [1.165, 1.54) is 18.2 Å². The molecule has 0 spiro atoms. The molecule has 1 fully saturated rings. The summed E-state index contributed by atoms with van der Waals surface area (Å²) in [6.07, 6.45) is 1.87. The lowest BCUT2D eigenvalue weighted by Crippen LogP contribution is -2.47. The minimum atomic E-state index is -3.88. The second kappa shape index (κ2) is 8.72. The van der Waals surface area contributed by atoms with Gasteiger partial charge in [0.15, 0.2) is 5.25 Å². The molecule has 1 saturated heterocycles. The van der Waals surface area contributed by atoms with Gasteiger partial charge in [-0.2, -0.15) is 0 Å². The summed E-state index contributed by atoms with van der Waals surface area (Å²) in [6.45, 7) is 3.47. The molecule has 2 aromatic rings. The summed E-state index contributed by atoms with van der Waals surface area (Å²) < 4.78 is 28.0. The average molecular weight is 480 g/mol. The summed E-state index contributed by atoms with van der Waals surface area (Å²) in [4.78, 5) is 27.9. The fourth-order valence-electron chi connectivity index (χ4n) is 3.58. The van der Waals surface area contributed by atoms with Gasteiger partial charge in [0, 0.05) is 23.0 Å². The fraction of sp³-hybridized carbons (Fsp3) is 0.333. The van der Waals surface area contributed by atoms with Crippen LogP contribution in [-0.4, -0.2) is 43.5 Å². The second-order valence-electron chi connectivity index (χ2n) is 7.77. The zero-order valence-corrected chi connectivity index (χ0v) is 19.2. The Morgan fingerprint density at radius 2 is 1.94 bits per heavy atom. The normalized spacial score (nSPS) is 19.5. The molecule has 1 atom stereocenters. The number of sulfonamides is 1. The molecule has 2 aliphatic rings. The third-order valence-electron chi connectivity index (χ3n) is 5.40. The molecular formula is C21H22ClN3O4S2. The van der Waals surface area contributed by atoms with Crippen LogP contribution < -0.4 is 10.0 Å². The van der Waals surface area contributed by atoms with Gasteiger partial charge in [-0.05, 0) is 55.2 Å². The van der Waals surface area contributed by atoms with E-state index in [2.05, 4.69) is 17.0 Å². The van der Waals surface area contributed by atoms with Gasteiger partial charge in [-0.25, -0.2) is 8.42 Å². The number of hydrogen-bond acceptors (Lipinski definition) is 5. The zero-order chi connectivity index (χ0) is 22.2. The van der Waals surface area contributed by atoms with E-state index in [9.17, 15) is 18.0 Å². The number of fused-ring (bicyclic) bond motifs is 1. The molecule has 2 amide bonds. The van der Waals surface area contributed by atoms with Crippen LogP contribution in [0.5, 0.6) is 0 Å². The second-order valence-corrected chi connectivity index (χ2v) is 11.0. The number of piperidine rings is 1. The lowest BCUT2D eigenvalue weighted by Gasteiger charge is -2.33. The number of thioether (sulfide) groups is 1.